The smallest absolute Gasteiger partial charge is 0.232 e. The van der Waals surface area contributed by atoms with Crippen molar-refractivity contribution in [1.82, 2.24) is 19.1 Å². The number of hydrogen-bond acceptors (Lipinski definition) is 9. The molecule has 0 atom stereocenters. The van der Waals surface area contributed by atoms with Gasteiger partial charge in [-0.15, -0.1) is 22.7 Å². The third-order valence-corrected chi connectivity index (χ3v) is 13.2. The van der Waals surface area contributed by atoms with E-state index in [-0.39, 0.29) is 14.9 Å². The molecule has 11 heteroatoms. The first-order valence-corrected chi connectivity index (χ1v) is 22.8. The number of unbranched alkanes of at least 4 members (excludes halogenated alkanes) is 4. The number of nitrogens with zero attached hydrogens (tertiary/aromatic N) is 9. The second-order valence-corrected chi connectivity index (χ2v) is 19.3. The van der Waals surface area contributed by atoms with Gasteiger partial charge in [0, 0.05) is 87.4 Å². The van der Waals surface area contributed by atoms with Gasteiger partial charge in [-0.2, -0.15) is 0 Å². The Kier molecular flexibility index (Phi) is 18.4. The number of rotatable bonds is 13. The van der Waals surface area contributed by atoms with Gasteiger partial charge in [0.1, 0.15) is 33.9 Å². The largest absolute Gasteiger partial charge is 0.378 e. The summed E-state index contributed by atoms with van der Waals surface area (Å²) in [6, 6.07) is 15.4. The van der Waals surface area contributed by atoms with Gasteiger partial charge in [-0.1, -0.05) is 54.4 Å². The molecule has 4 aliphatic rings. The van der Waals surface area contributed by atoms with E-state index in [1.54, 1.807) is 0 Å². The molecule has 2 aromatic rings. The lowest BCUT2D eigenvalue weighted by atomic mass is 9.98. The second-order valence-electron chi connectivity index (χ2n) is 17.2. The van der Waals surface area contributed by atoms with Crippen LogP contribution in [0.1, 0.15) is 78.4 Å². The first-order valence-electron chi connectivity index (χ1n) is 21.2. The van der Waals surface area contributed by atoms with Crippen molar-refractivity contribution in [2.24, 2.45) is 0 Å². The minimum absolute atomic E-state index is 0. The Balaban J connectivity index is 0.000000316. The molecular weight excluding hydrogens is 791 g/mol. The molecule has 0 spiro atoms. The maximum atomic E-state index is 5.24. The maximum Gasteiger partial charge on any atom is 0.232 e. The van der Waals surface area contributed by atoms with Gasteiger partial charge in [-0.05, 0) is 68.1 Å². The molecule has 2 aliphatic heterocycles. The predicted octanol–water partition coefficient (Wildman–Crippen LogP) is 9.93. The van der Waals surface area contributed by atoms with E-state index in [4.69, 9.17) is 9.97 Å². The van der Waals surface area contributed by atoms with E-state index in [1.165, 1.54) is 108 Å². The number of fused-ring (bicyclic) bond motifs is 4. The summed E-state index contributed by atoms with van der Waals surface area (Å²) in [5, 5.41) is 2.59. The van der Waals surface area contributed by atoms with E-state index in [1.807, 2.05) is 22.7 Å². The number of aryl methyl sites for hydroxylation is 1. The molecule has 9 nitrogen and oxygen atoms in total. The van der Waals surface area contributed by atoms with E-state index in [0.717, 1.165) is 35.3 Å². The van der Waals surface area contributed by atoms with Gasteiger partial charge in [0.15, 0.2) is 5.69 Å². The Labute approximate surface area is 377 Å². The molecule has 0 radical (unpaired) electrons. The quantitative estimate of drug-likeness (QED) is 0.0651. The highest BCUT2D eigenvalue weighted by atomic mass is 32.1. The third kappa shape index (κ3) is 11.1. The van der Waals surface area contributed by atoms with Crippen molar-refractivity contribution in [2.75, 3.05) is 123 Å². The summed E-state index contributed by atoms with van der Waals surface area (Å²) in [5.74, 6) is 0. The SMILES string of the molecule is C.C.CCCCCc1c(N(C)C)c(N(C)C)c2sc3cc(N(C)C)ccc3nc-2c1=[N+](C)C.CCCCCc1cc2nc3ccc(N(C)C)cc3sc-2c(N(C)C)c1=[N+](C)C. The summed E-state index contributed by atoms with van der Waals surface area (Å²) < 4.78 is 6.97. The molecule has 0 aromatic heterocycles. The van der Waals surface area contributed by atoms with Gasteiger partial charge < -0.3 is 24.5 Å². The van der Waals surface area contributed by atoms with Crippen molar-refractivity contribution in [3.63, 3.8) is 0 Å². The van der Waals surface area contributed by atoms with Crippen LogP contribution in [0, 0.1) is 0 Å². The average Bonchev–Trinajstić information content (AvgIpc) is 3.17. The maximum absolute atomic E-state index is 5.24. The lowest BCUT2D eigenvalue weighted by molar-refractivity contribution is 0.702. The zero-order valence-corrected chi connectivity index (χ0v) is 40.7. The van der Waals surface area contributed by atoms with E-state index >= 15 is 0 Å². The molecule has 2 aliphatic carbocycles. The van der Waals surface area contributed by atoms with Gasteiger partial charge in [-0.3, -0.25) is 0 Å². The molecule has 0 saturated heterocycles. The highest BCUT2D eigenvalue weighted by molar-refractivity contribution is 7.22. The van der Waals surface area contributed by atoms with Crippen molar-refractivity contribution >= 4 is 71.5 Å². The second kappa shape index (κ2) is 22.0. The zero-order valence-electron chi connectivity index (χ0n) is 39.0. The third-order valence-electron chi connectivity index (χ3n) is 10.9. The molecule has 0 unspecified atom stereocenters. The minimum atomic E-state index is 0. The van der Waals surface area contributed by atoms with Gasteiger partial charge in [0.05, 0.1) is 52.8 Å². The average molecular weight is 870 g/mol. The Morgan fingerprint density at radius 3 is 1.44 bits per heavy atom. The topological polar surface area (TPSA) is 48.0 Å². The normalized spacial score (nSPS) is 10.9. The van der Waals surface area contributed by atoms with Crippen molar-refractivity contribution in [2.45, 2.75) is 80.1 Å². The van der Waals surface area contributed by atoms with Crippen LogP contribution in [-0.4, -0.2) is 109 Å². The van der Waals surface area contributed by atoms with Crippen LogP contribution in [0.2, 0.25) is 0 Å². The van der Waals surface area contributed by atoms with Crippen LogP contribution < -0.4 is 44.4 Å². The Bertz CT molecular complexity index is 2460. The van der Waals surface area contributed by atoms with Gasteiger partial charge in [0.2, 0.25) is 10.7 Å². The molecule has 334 valence electrons. The summed E-state index contributed by atoms with van der Waals surface area (Å²) >= 11 is 3.70. The van der Waals surface area contributed by atoms with Gasteiger partial charge in [0.25, 0.3) is 0 Å². The summed E-state index contributed by atoms with van der Waals surface area (Å²) in [6.45, 7) is 4.53. The molecule has 2 aromatic carbocycles. The van der Waals surface area contributed by atoms with Crippen LogP contribution in [0.4, 0.5) is 28.4 Å². The fourth-order valence-electron chi connectivity index (χ4n) is 8.01. The van der Waals surface area contributed by atoms with Crippen molar-refractivity contribution in [3.8, 4) is 21.1 Å². The molecule has 0 fully saturated rings. The standard InChI is InChI=1S/C25H38N5S.C23H33N4S.2CH4/c1-10-11-12-13-18-22(28(4)5)21-25(24(30(8)9)23(18)29(6)7)31-20-16-17(27(2)3)14-15-19(20)26-21;1-8-9-10-11-16-14-19-23(22(27(6)7)21(16)26(4)5)28-20-15-17(25(2)3)12-13-18(20)24-19;;/h14-16H,10-13H2,1-9H3;12-15H,8-11H2,1-7H3;2*1H4/q2*+1;;. The summed E-state index contributed by atoms with van der Waals surface area (Å²) in [7, 11) is 29.9. The van der Waals surface area contributed by atoms with Crippen LogP contribution in [0.3, 0.4) is 0 Å². The fraction of sp³-hybridized carbons (Fsp3) is 0.520. The molecule has 0 saturated carbocycles. The van der Waals surface area contributed by atoms with E-state index in [2.05, 4.69) is 189 Å². The van der Waals surface area contributed by atoms with Crippen molar-refractivity contribution in [3.05, 3.63) is 64.3 Å². The lowest BCUT2D eigenvalue weighted by Crippen LogP contribution is -2.33. The Morgan fingerprint density at radius 2 is 0.984 bits per heavy atom. The first-order chi connectivity index (χ1) is 28.0. The van der Waals surface area contributed by atoms with Gasteiger partial charge >= 0.3 is 0 Å². The molecular formula is C50H79N9S2+2. The molecule has 2 heterocycles. The number of benzene rings is 4. The highest BCUT2D eigenvalue weighted by Gasteiger charge is 2.29. The number of hydrogen-bond donors (Lipinski definition) is 0. The van der Waals surface area contributed by atoms with Crippen LogP contribution in [-0.2, 0) is 12.8 Å². The van der Waals surface area contributed by atoms with Gasteiger partial charge in [-0.25, -0.2) is 19.1 Å². The fourth-order valence-corrected chi connectivity index (χ4v) is 10.4. The number of anilines is 5. The van der Waals surface area contributed by atoms with E-state index in [9.17, 15) is 0 Å². The van der Waals surface area contributed by atoms with Crippen molar-refractivity contribution < 1.29 is 0 Å². The van der Waals surface area contributed by atoms with E-state index < -0.39 is 0 Å². The summed E-state index contributed by atoms with van der Waals surface area (Å²) in [5.41, 5.74) is 13.4. The summed E-state index contributed by atoms with van der Waals surface area (Å²) in [4.78, 5) is 23.9. The lowest BCUT2D eigenvalue weighted by Gasteiger charge is -2.28. The predicted molar refractivity (Wildman–Crippen MR) is 278 cm³/mol. The first kappa shape index (κ1) is 50.9. The molecule has 61 heavy (non-hydrogen) atoms. The monoisotopic (exact) mass is 870 g/mol. The minimum Gasteiger partial charge on any atom is -0.378 e. The molecule has 0 N–H and O–H groups in total. The van der Waals surface area contributed by atoms with Crippen LogP contribution in [0.5, 0.6) is 0 Å². The van der Waals surface area contributed by atoms with E-state index in [0.29, 0.717) is 0 Å². The van der Waals surface area contributed by atoms with Crippen LogP contribution in [0.25, 0.3) is 41.6 Å². The van der Waals surface area contributed by atoms with Crippen LogP contribution >= 0.6 is 22.7 Å². The Morgan fingerprint density at radius 1 is 0.508 bits per heavy atom. The highest BCUT2D eigenvalue weighted by Crippen LogP contribution is 2.44. The van der Waals surface area contributed by atoms with Crippen molar-refractivity contribution in [1.29, 1.82) is 0 Å². The van der Waals surface area contributed by atoms with Crippen LogP contribution in [0.15, 0.2) is 42.5 Å². The summed E-state index contributed by atoms with van der Waals surface area (Å²) in [6.07, 6.45) is 9.56. The molecule has 6 rings (SSSR count). The molecule has 0 amide bonds. The number of aromatic nitrogens is 2. The molecule has 0 bridgehead atoms. The zero-order chi connectivity index (χ0) is 43.3. The Hall–Kier alpha value is -4.48.